The van der Waals surface area contributed by atoms with Crippen molar-refractivity contribution in [1.29, 1.82) is 0 Å². The normalized spacial score (nSPS) is 11.8. The van der Waals surface area contributed by atoms with Crippen molar-refractivity contribution in [3.05, 3.63) is 33.8 Å². The molecular formula is C14H18BrN. The van der Waals surface area contributed by atoms with Gasteiger partial charge in [-0.3, -0.25) is 0 Å². The molecule has 0 aliphatic heterocycles. The molecule has 1 nitrogen and oxygen atoms in total. The van der Waals surface area contributed by atoms with Crippen molar-refractivity contribution in [2.24, 2.45) is 0 Å². The van der Waals surface area contributed by atoms with Gasteiger partial charge in [0.05, 0.1) is 0 Å². The standard InChI is InChI=1S/C14H18BrN/c1-4-6-7-14(16-5-2)12-10-11(3)8-9-13(12)15/h8-10,14,16H,5,7H2,1-3H3. The second-order valence-corrected chi connectivity index (χ2v) is 4.62. The van der Waals surface area contributed by atoms with E-state index in [1.165, 1.54) is 11.1 Å². The van der Waals surface area contributed by atoms with Crippen LogP contribution in [0.15, 0.2) is 22.7 Å². The van der Waals surface area contributed by atoms with Gasteiger partial charge in [0.2, 0.25) is 0 Å². The summed E-state index contributed by atoms with van der Waals surface area (Å²) < 4.78 is 1.15. The second-order valence-electron chi connectivity index (χ2n) is 3.77. The van der Waals surface area contributed by atoms with E-state index in [1.807, 2.05) is 6.92 Å². The van der Waals surface area contributed by atoms with Gasteiger partial charge in [-0.05, 0) is 32.0 Å². The first-order valence-corrected chi connectivity index (χ1v) is 6.37. The van der Waals surface area contributed by atoms with Crippen LogP contribution in [0.2, 0.25) is 0 Å². The van der Waals surface area contributed by atoms with E-state index < -0.39 is 0 Å². The number of nitrogens with one attached hydrogen (secondary N) is 1. The van der Waals surface area contributed by atoms with Crippen LogP contribution in [0, 0.1) is 18.8 Å². The quantitative estimate of drug-likeness (QED) is 0.827. The summed E-state index contributed by atoms with van der Waals surface area (Å²) in [5.74, 6) is 6.10. The zero-order chi connectivity index (χ0) is 12.0. The maximum Gasteiger partial charge on any atom is 0.0442 e. The monoisotopic (exact) mass is 279 g/mol. The average molecular weight is 280 g/mol. The lowest BCUT2D eigenvalue weighted by Crippen LogP contribution is -2.21. The SMILES string of the molecule is CC#CCC(NCC)c1cc(C)ccc1Br. The molecule has 0 bridgehead atoms. The predicted molar refractivity (Wildman–Crippen MR) is 73.4 cm³/mol. The van der Waals surface area contributed by atoms with E-state index >= 15 is 0 Å². The van der Waals surface area contributed by atoms with Crippen LogP contribution in [-0.4, -0.2) is 6.54 Å². The van der Waals surface area contributed by atoms with Gasteiger partial charge in [0, 0.05) is 16.9 Å². The lowest BCUT2D eigenvalue weighted by molar-refractivity contribution is 0.563. The zero-order valence-corrected chi connectivity index (χ0v) is 11.7. The highest BCUT2D eigenvalue weighted by atomic mass is 79.9. The third-order valence-corrected chi connectivity index (χ3v) is 3.18. The fraction of sp³-hybridized carbons (Fsp3) is 0.429. The number of hydrogen-bond donors (Lipinski definition) is 1. The molecule has 1 rings (SSSR count). The molecule has 0 radical (unpaired) electrons. The van der Waals surface area contributed by atoms with Crippen LogP contribution in [0.5, 0.6) is 0 Å². The van der Waals surface area contributed by atoms with Gasteiger partial charge in [-0.2, -0.15) is 0 Å². The molecule has 0 spiro atoms. The number of benzene rings is 1. The molecule has 16 heavy (non-hydrogen) atoms. The van der Waals surface area contributed by atoms with Crippen molar-refractivity contribution < 1.29 is 0 Å². The molecule has 1 aromatic rings. The Morgan fingerprint density at radius 3 is 2.81 bits per heavy atom. The van der Waals surface area contributed by atoms with Crippen molar-refractivity contribution in [1.82, 2.24) is 5.32 Å². The first kappa shape index (κ1) is 13.3. The molecule has 1 aromatic carbocycles. The van der Waals surface area contributed by atoms with Crippen molar-refractivity contribution in [3.8, 4) is 11.8 Å². The highest BCUT2D eigenvalue weighted by Gasteiger charge is 2.12. The summed E-state index contributed by atoms with van der Waals surface area (Å²) in [6.45, 7) is 7.07. The highest BCUT2D eigenvalue weighted by Crippen LogP contribution is 2.26. The molecule has 0 aromatic heterocycles. The number of halogens is 1. The van der Waals surface area contributed by atoms with E-state index in [9.17, 15) is 0 Å². The maximum atomic E-state index is 3.60. The summed E-state index contributed by atoms with van der Waals surface area (Å²) in [6, 6.07) is 6.75. The number of aryl methyl sites for hydroxylation is 1. The van der Waals surface area contributed by atoms with Crippen LogP contribution in [0.3, 0.4) is 0 Å². The molecule has 86 valence electrons. The minimum Gasteiger partial charge on any atom is -0.309 e. The van der Waals surface area contributed by atoms with Crippen molar-refractivity contribution >= 4 is 15.9 Å². The third kappa shape index (κ3) is 3.66. The van der Waals surface area contributed by atoms with E-state index in [-0.39, 0.29) is 0 Å². The van der Waals surface area contributed by atoms with Crippen LogP contribution in [0.25, 0.3) is 0 Å². The molecule has 1 unspecified atom stereocenters. The molecule has 1 atom stereocenters. The molecule has 0 saturated heterocycles. The molecule has 0 heterocycles. The highest BCUT2D eigenvalue weighted by molar-refractivity contribution is 9.10. The minimum atomic E-state index is 0.312. The molecular weight excluding hydrogens is 262 g/mol. The lowest BCUT2D eigenvalue weighted by atomic mass is 10.0. The van der Waals surface area contributed by atoms with Gasteiger partial charge in [-0.1, -0.05) is 40.5 Å². The largest absolute Gasteiger partial charge is 0.309 e. The lowest BCUT2D eigenvalue weighted by Gasteiger charge is -2.18. The maximum absolute atomic E-state index is 3.60. The van der Waals surface area contributed by atoms with Gasteiger partial charge < -0.3 is 5.32 Å². The molecule has 0 fully saturated rings. The van der Waals surface area contributed by atoms with E-state index in [4.69, 9.17) is 0 Å². The van der Waals surface area contributed by atoms with Gasteiger partial charge in [-0.15, -0.1) is 11.8 Å². The van der Waals surface area contributed by atoms with Gasteiger partial charge in [-0.25, -0.2) is 0 Å². The van der Waals surface area contributed by atoms with Crippen LogP contribution in [0.1, 0.15) is 37.4 Å². The Bertz CT molecular complexity index is 401. The molecule has 1 N–H and O–H groups in total. The van der Waals surface area contributed by atoms with Crippen LogP contribution in [0.4, 0.5) is 0 Å². The summed E-state index contributed by atoms with van der Waals surface area (Å²) in [5, 5.41) is 3.47. The van der Waals surface area contributed by atoms with Gasteiger partial charge in [0.1, 0.15) is 0 Å². The fourth-order valence-corrected chi connectivity index (χ4v) is 2.20. The Kier molecular flexibility index (Phi) is 5.59. The summed E-state index contributed by atoms with van der Waals surface area (Å²) in [5.41, 5.74) is 2.58. The van der Waals surface area contributed by atoms with Crippen LogP contribution >= 0.6 is 15.9 Å². The zero-order valence-electron chi connectivity index (χ0n) is 10.1. The van der Waals surface area contributed by atoms with Gasteiger partial charge >= 0.3 is 0 Å². The minimum absolute atomic E-state index is 0.312. The van der Waals surface area contributed by atoms with E-state index in [2.05, 4.69) is 65.1 Å². The topological polar surface area (TPSA) is 12.0 Å². The van der Waals surface area contributed by atoms with Gasteiger partial charge in [0.15, 0.2) is 0 Å². The summed E-state index contributed by atoms with van der Waals surface area (Å²) >= 11 is 3.60. The Morgan fingerprint density at radius 1 is 1.44 bits per heavy atom. The average Bonchev–Trinajstić information content (AvgIpc) is 2.28. The smallest absolute Gasteiger partial charge is 0.0442 e. The van der Waals surface area contributed by atoms with Crippen molar-refractivity contribution in [2.75, 3.05) is 6.54 Å². The predicted octanol–water partition coefficient (Wildman–Crippen LogP) is 3.82. The Hall–Kier alpha value is -0.780. The number of rotatable bonds is 4. The van der Waals surface area contributed by atoms with Crippen LogP contribution in [-0.2, 0) is 0 Å². The van der Waals surface area contributed by atoms with E-state index in [1.54, 1.807) is 0 Å². The fourth-order valence-electron chi connectivity index (χ4n) is 1.67. The molecule has 0 amide bonds. The van der Waals surface area contributed by atoms with E-state index in [0.717, 1.165) is 17.4 Å². The Balaban J connectivity index is 2.97. The van der Waals surface area contributed by atoms with Crippen molar-refractivity contribution in [3.63, 3.8) is 0 Å². The van der Waals surface area contributed by atoms with E-state index in [0.29, 0.717) is 6.04 Å². The first-order chi connectivity index (χ1) is 7.69. The third-order valence-electron chi connectivity index (χ3n) is 2.46. The first-order valence-electron chi connectivity index (χ1n) is 5.58. The molecule has 2 heteroatoms. The summed E-state index contributed by atoms with van der Waals surface area (Å²) in [4.78, 5) is 0. The second kappa shape index (κ2) is 6.73. The Morgan fingerprint density at radius 2 is 2.19 bits per heavy atom. The summed E-state index contributed by atoms with van der Waals surface area (Å²) in [7, 11) is 0. The number of hydrogen-bond acceptors (Lipinski definition) is 1. The Labute approximate surface area is 107 Å². The summed E-state index contributed by atoms with van der Waals surface area (Å²) in [6.07, 6.45) is 0.854. The van der Waals surface area contributed by atoms with Crippen LogP contribution < -0.4 is 5.32 Å². The molecule has 0 aliphatic rings. The molecule has 0 saturated carbocycles. The molecule has 0 aliphatic carbocycles. The van der Waals surface area contributed by atoms with Crippen molar-refractivity contribution in [2.45, 2.75) is 33.2 Å². The van der Waals surface area contributed by atoms with Gasteiger partial charge in [0.25, 0.3) is 0 Å².